The molecule has 0 aliphatic heterocycles. The number of nitrogens with one attached hydrogen (secondary N) is 2. The molecule has 0 aliphatic rings. The first-order chi connectivity index (χ1) is 14.0. The average Bonchev–Trinajstić information content (AvgIpc) is 3.33. The Bertz CT molecular complexity index is 952. The zero-order valence-corrected chi connectivity index (χ0v) is 17.3. The van der Waals surface area contributed by atoms with Crippen LogP contribution >= 0.6 is 11.3 Å². The number of thiophene rings is 1. The number of guanidine groups is 1. The molecule has 2 heterocycles. The molecule has 2 N–H and O–H groups in total. The van der Waals surface area contributed by atoms with Crippen LogP contribution in [0.2, 0.25) is 0 Å². The molecule has 29 heavy (non-hydrogen) atoms. The van der Waals surface area contributed by atoms with E-state index in [1.807, 2.05) is 30.0 Å². The van der Waals surface area contributed by atoms with E-state index < -0.39 is 11.6 Å². The lowest BCUT2D eigenvalue weighted by molar-refractivity contribution is 0.583. The van der Waals surface area contributed by atoms with E-state index in [1.165, 1.54) is 10.9 Å². The molecular weight excluding hydrogens is 394 g/mol. The van der Waals surface area contributed by atoms with Gasteiger partial charge >= 0.3 is 0 Å². The Labute approximate surface area is 172 Å². The van der Waals surface area contributed by atoms with Gasteiger partial charge in [0.2, 0.25) is 0 Å². The van der Waals surface area contributed by atoms with Gasteiger partial charge in [0.25, 0.3) is 0 Å². The number of hydrogen-bond acceptors (Lipinski definition) is 4. The number of aryl methyl sites for hydroxylation is 1. The second kappa shape index (κ2) is 10.1. The van der Waals surface area contributed by atoms with Crippen LogP contribution in [0.15, 0.2) is 40.7 Å². The van der Waals surface area contributed by atoms with Gasteiger partial charge in [-0.2, -0.15) is 0 Å². The molecule has 0 spiro atoms. The van der Waals surface area contributed by atoms with Crippen LogP contribution in [-0.4, -0.2) is 33.8 Å². The number of aromatic nitrogens is 3. The van der Waals surface area contributed by atoms with E-state index in [-0.39, 0.29) is 0 Å². The minimum Gasteiger partial charge on any atom is -0.356 e. The Morgan fingerprint density at radius 3 is 2.62 bits per heavy atom. The van der Waals surface area contributed by atoms with Gasteiger partial charge in [-0.1, -0.05) is 6.07 Å². The van der Waals surface area contributed by atoms with Gasteiger partial charge in [0, 0.05) is 25.0 Å². The second-order valence-corrected chi connectivity index (χ2v) is 7.59. The zero-order valence-electron chi connectivity index (χ0n) is 16.5. The van der Waals surface area contributed by atoms with Crippen LogP contribution in [0.25, 0.3) is 0 Å². The van der Waals surface area contributed by atoms with Crippen LogP contribution < -0.4 is 10.6 Å². The molecule has 0 bridgehead atoms. The number of nitrogens with zero attached hydrogens (tertiary/aromatic N) is 4. The fourth-order valence-corrected chi connectivity index (χ4v) is 3.43. The summed E-state index contributed by atoms with van der Waals surface area (Å²) in [6.07, 6.45) is 1.22. The molecule has 2 aromatic heterocycles. The highest BCUT2D eigenvalue weighted by atomic mass is 32.1. The van der Waals surface area contributed by atoms with Crippen molar-refractivity contribution in [3.8, 4) is 0 Å². The van der Waals surface area contributed by atoms with Crippen molar-refractivity contribution in [2.45, 2.75) is 26.3 Å². The Balaban J connectivity index is 1.60. The smallest absolute Gasteiger partial charge is 0.191 e. The third-order valence-electron chi connectivity index (χ3n) is 4.50. The lowest BCUT2D eigenvalue weighted by Crippen LogP contribution is -2.39. The maximum Gasteiger partial charge on any atom is 0.191 e. The minimum atomic E-state index is -0.443. The standard InChI is InChI=1S/C20H24F2N6S/c1-14-26-27-19(28(14)2)13-25-20(24-10-8-17-4-3-11-29-17)23-9-7-15-12-16(21)5-6-18(15)22/h3-6,11-12H,7-10,13H2,1-2H3,(H2,23,24,25). The van der Waals surface area contributed by atoms with E-state index in [0.29, 0.717) is 37.6 Å². The Morgan fingerprint density at radius 1 is 1.14 bits per heavy atom. The van der Waals surface area contributed by atoms with E-state index in [0.717, 1.165) is 30.2 Å². The topological polar surface area (TPSA) is 67.1 Å². The summed E-state index contributed by atoms with van der Waals surface area (Å²) >= 11 is 1.71. The first kappa shape index (κ1) is 20.9. The molecule has 6 nitrogen and oxygen atoms in total. The maximum absolute atomic E-state index is 13.8. The fourth-order valence-electron chi connectivity index (χ4n) is 2.72. The molecule has 0 unspecified atom stereocenters. The number of benzene rings is 1. The van der Waals surface area contributed by atoms with Crippen molar-refractivity contribution >= 4 is 17.3 Å². The summed E-state index contributed by atoms with van der Waals surface area (Å²) in [5.74, 6) is 1.31. The number of halogens is 2. The molecule has 3 rings (SSSR count). The Morgan fingerprint density at radius 2 is 1.93 bits per heavy atom. The summed E-state index contributed by atoms with van der Waals surface area (Å²) < 4.78 is 29.0. The van der Waals surface area contributed by atoms with Crippen molar-refractivity contribution in [3.63, 3.8) is 0 Å². The number of rotatable bonds is 8. The molecule has 0 saturated heterocycles. The van der Waals surface area contributed by atoms with Gasteiger partial charge in [0.1, 0.15) is 24.0 Å². The van der Waals surface area contributed by atoms with Crippen LogP contribution in [0, 0.1) is 18.6 Å². The molecule has 0 aliphatic carbocycles. The summed E-state index contributed by atoms with van der Waals surface area (Å²) in [5, 5.41) is 16.7. The summed E-state index contributed by atoms with van der Waals surface area (Å²) in [5.41, 5.74) is 0.333. The summed E-state index contributed by atoms with van der Waals surface area (Å²) in [4.78, 5) is 5.85. The lowest BCUT2D eigenvalue weighted by atomic mass is 10.1. The summed E-state index contributed by atoms with van der Waals surface area (Å²) in [6, 6.07) is 7.60. The highest BCUT2D eigenvalue weighted by molar-refractivity contribution is 7.09. The molecule has 0 radical (unpaired) electrons. The van der Waals surface area contributed by atoms with Crippen molar-refractivity contribution < 1.29 is 8.78 Å². The van der Waals surface area contributed by atoms with Crippen molar-refractivity contribution in [3.05, 3.63) is 69.4 Å². The first-order valence-electron chi connectivity index (χ1n) is 9.36. The van der Waals surface area contributed by atoms with Crippen LogP contribution in [0.1, 0.15) is 22.1 Å². The Hall–Kier alpha value is -2.81. The first-order valence-corrected chi connectivity index (χ1v) is 10.2. The second-order valence-electron chi connectivity index (χ2n) is 6.56. The predicted octanol–water partition coefficient (Wildman–Crippen LogP) is 2.98. The van der Waals surface area contributed by atoms with Crippen molar-refractivity contribution in [2.75, 3.05) is 13.1 Å². The van der Waals surface area contributed by atoms with Crippen molar-refractivity contribution in [1.82, 2.24) is 25.4 Å². The largest absolute Gasteiger partial charge is 0.356 e. The number of hydrogen-bond donors (Lipinski definition) is 2. The lowest BCUT2D eigenvalue weighted by Gasteiger charge is -2.13. The molecule has 0 saturated carbocycles. The van der Waals surface area contributed by atoms with Gasteiger partial charge < -0.3 is 15.2 Å². The molecule has 9 heteroatoms. The average molecular weight is 419 g/mol. The van der Waals surface area contributed by atoms with E-state index in [2.05, 4.69) is 31.9 Å². The van der Waals surface area contributed by atoms with Gasteiger partial charge in [-0.05, 0) is 55.0 Å². The predicted molar refractivity (Wildman–Crippen MR) is 111 cm³/mol. The van der Waals surface area contributed by atoms with Gasteiger partial charge in [-0.25, -0.2) is 13.8 Å². The van der Waals surface area contributed by atoms with Crippen LogP contribution in [-0.2, 0) is 26.4 Å². The quantitative estimate of drug-likeness (QED) is 0.436. The molecule has 0 atom stereocenters. The van der Waals surface area contributed by atoms with Crippen LogP contribution in [0.4, 0.5) is 8.78 Å². The van der Waals surface area contributed by atoms with E-state index in [9.17, 15) is 8.78 Å². The van der Waals surface area contributed by atoms with Gasteiger partial charge in [-0.15, -0.1) is 21.5 Å². The van der Waals surface area contributed by atoms with Gasteiger partial charge in [-0.3, -0.25) is 0 Å². The van der Waals surface area contributed by atoms with Gasteiger partial charge in [0.15, 0.2) is 11.8 Å². The van der Waals surface area contributed by atoms with E-state index >= 15 is 0 Å². The molecule has 154 valence electrons. The van der Waals surface area contributed by atoms with Crippen LogP contribution in [0.5, 0.6) is 0 Å². The maximum atomic E-state index is 13.8. The molecule has 1 aromatic carbocycles. The van der Waals surface area contributed by atoms with Gasteiger partial charge in [0.05, 0.1) is 0 Å². The summed E-state index contributed by atoms with van der Waals surface area (Å²) in [7, 11) is 1.89. The third kappa shape index (κ3) is 6.08. The molecule has 0 amide bonds. The third-order valence-corrected chi connectivity index (χ3v) is 5.44. The normalized spacial score (nSPS) is 11.7. The van der Waals surface area contributed by atoms with E-state index in [1.54, 1.807) is 11.3 Å². The zero-order chi connectivity index (χ0) is 20.6. The number of aliphatic imine (C=N–C) groups is 1. The van der Waals surface area contributed by atoms with Crippen molar-refractivity contribution in [1.29, 1.82) is 0 Å². The fraction of sp³-hybridized carbons (Fsp3) is 0.350. The molecule has 0 fully saturated rings. The SMILES string of the molecule is Cc1nnc(CN=C(NCCc2cccs2)NCCc2cc(F)ccc2F)n1C. The van der Waals surface area contributed by atoms with Crippen molar-refractivity contribution in [2.24, 2.45) is 12.0 Å². The van der Waals surface area contributed by atoms with E-state index in [4.69, 9.17) is 0 Å². The highest BCUT2D eigenvalue weighted by Gasteiger charge is 2.07. The molecule has 3 aromatic rings. The highest BCUT2D eigenvalue weighted by Crippen LogP contribution is 2.10. The van der Waals surface area contributed by atoms with Crippen LogP contribution in [0.3, 0.4) is 0 Å². The Kier molecular flexibility index (Phi) is 7.29. The molecular formula is C20H24F2N6S. The minimum absolute atomic E-state index is 0.333. The summed E-state index contributed by atoms with van der Waals surface area (Å²) in [6.45, 7) is 3.37. The monoisotopic (exact) mass is 418 g/mol.